The lowest BCUT2D eigenvalue weighted by atomic mass is 9.75. The monoisotopic (exact) mass is 311 g/mol. The first kappa shape index (κ1) is 14.8. The van der Waals surface area contributed by atoms with Gasteiger partial charge in [-0.15, -0.1) is 11.8 Å². The molecule has 0 radical (unpaired) electrons. The topological polar surface area (TPSA) is 55.8 Å². The Labute approximate surface area is 129 Å². The second-order valence-electron chi connectivity index (χ2n) is 5.87. The number of esters is 1. The number of ether oxygens (including phenoxy) is 2. The van der Waals surface area contributed by atoms with E-state index in [9.17, 15) is 9.59 Å². The van der Waals surface area contributed by atoms with Crippen molar-refractivity contribution >= 4 is 23.6 Å². The number of rotatable bonds is 4. The van der Waals surface area contributed by atoms with Crippen LogP contribution in [0.3, 0.4) is 0 Å². The summed E-state index contributed by atoms with van der Waals surface area (Å²) in [7, 11) is 1.40. The summed E-state index contributed by atoms with van der Waals surface area (Å²) in [5.41, 5.74) is -0.738. The number of amides is 1. The number of thioether (sulfide) groups is 1. The van der Waals surface area contributed by atoms with Crippen LogP contribution >= 0.6 is 11.8 Å². The lowest BCUT2D eigenvalue weighted by Crippen LogP contribution is -2.62. The molecule has 0 aromatic rings. The maximum absolute atomic E-state index is 13.0. The molecule has 0 aromatic carbocycles. The summed E-state index contributed by atoms with van der Waals surface area (Å²) >= 11 is 1.53. The van der Waals surface area contributed by atoms with Crippen molar-refractivity contribution in [3.8, 4) is 0 Å². The minimum absolute atomic E-state index is 0.0511. The van der Waals surface area contributed by atoms with Gasteiger partial charge in [-0.05, 0) is 39.0 Å². The second kappa shape index (κ2) is 5.55. The Bertz CT molecular complexity index is 494. The smallest absolute Gasteiger partial charge is 0.331 e. The van der Waals surface area contributed by atoms with Crippen LogP contribution in [0, 0.1) is 0 Å². The van der Waals surface area contributed by atoms with Crippen LogP contribution in [0.4, 0.5) is 0 Å². The van der Waals surface area contributed by atoms with Gasteiger partial charge in [-0.1, -0.05) is 0 Å². The van der Waals surface area contributed by atoms with Crippen molar-refractivity contribution in [2.24, 2.45) is 0 Å². The Morgan fingerprint density at radius 3 is 2.57 bits per heavy atom. The maximum Gasteiger partial charge on any atom is 0.331 e. The number of hydrogen-bond acceptors (Lipinski definition) is 5. The summed E-state index contributed by atoms with van der Waals surface area (Å²) in [6.45, 7) is 2.47. The van der Waals surface area contributed by atoms with E-state index in [0.717, 1.165) is 25.0 Å². The summed E-state index contributed by atoms with van der Waals surface area (Å²) in [5.74, 6) is 1.14. The highest BCUT2D eigenvalue weighted by molar-refractivity contribution is 8.04. The van der Waals surface area contributed by atoms with Crippen LogP contribution in [0.15, 0.2) is 10.7 Å². The maximum atomic E-state index is 13.0. The minimum Gasteiger partial charge on any atom is -0.496 e. The van der Waals surface area contributed by atoms with Gasteiger partial charge in [-0.2, -0.15) is 0 Å². The number of nitrogens with zero attached hydrogens (tertiary/aromatic N) is 1. The third-order valence-corrected chi connectivity index (χ3v) is 5.62. The summed E-state index contributed by atoms with van der Waals surface area (Å²) < 4.78 is 10.5. The predicted octanol–water partition coefficient (Wildman–Crippen LogP) is 2.07. The number of carbonyl (C=O) groups is 2. The van der Waals surface area contributed by atoms with Crippen molar-refractivity contribution in [2.75, 3.05) is 19.5 Å². The first-order valence-electron chi connectivity index (χ1n) is 7.49. The van der Waals surface area contributed by atoms with Gasteiger partial charge in [0.2, 0.25) is 0 Å². The average molecular weight is 311 g/mol. The molecule has 0 unspecified atom stereocenters. The molecule has 2 aliphatic carbocycles. The van der Waals surface area contributed by atoms with Crippen LogP contribution < -0.4 is 0 Å². The molecule has 116 valence electrons. The highest BCUT2D eigenvalue weighted by atomic mass is 32.2. The van der Waals surface area contributed by atoms with Crippen molar-refractivity contribution in [1.82, 2.24) is 4.90 Å². The van der Waals surface area contributed by atoms with Gasteiger partial charge >= 0.3 is 5.97 Å². The van der Waals surface area contributed by atoms with Crippen LogP contribution in [0.1, 0.15) is 39.0 Å². The highest BCUT2D eigenvalue weighted by Gasteiger charge is 2.56. The normalized spacial score (nSPS) is 23.9. The molecule has 0 N–H and O–H groups in total. The fraction of sp³-hybridized carbons (Fsp3) is 0.733. The van der Waals surface area contributed by atoms with Gasteiger partial charge < -0.3 is 14.4 Å². The molecular formula is C15H21NO4S. The molecule has 0 aromatic heterocycles. The number of hydrogen-bond donors (Lipinski definition) is 0. The van der Waals surface area contributed by atoms with Gasteiger partial charge in [0.15, 0.2) is 0 Å². The Hall–Kier alpha value is -1.17. The molecule has 1 aliphatic heterocycles. The van der Waals surface area contributed by atoms with Crippen LogP contribution in [0.25, 0.3) is 0 Å². The van der Waals surface area contributed by atoms with Crippen LogP contribution in [-0.4, -0.2) is 47.8 Å². The van der Waals surface area contributed by atoms with Gasteiger partial charge in [-0.25, -0.2) is 4.79 Å². The van der Waals surface area contributed by atoms with E-state index < -0.39 is 5.54 Å². The third-order valence-electron chi connectivity index (χ3n) is 4.50. The fourth-order valence-corrected chi connectivity index (χ4v) is 3.97. The van der Waals surface area contributed by atoms with E-state index in [1.807, 2.05) is 11.8 Å². The van der Waals surface area contributed by atoms with Gasteiger partial charge in [0.25, 0.3) is 5.91 Å². The summed E-state index contributed by atoms with van der Waals surface area (Å²) in [6.07, 6.45) is 4.33. The minimum atomic E-state index is -0.738. The quantitative estimate of drug-likeness (QED) is 0.744. The van der Waals surface area contributed by atoms with E-state index in [2.05, 4.69) is 0 Å². The highest BCUT2D eigenvalue weighted by Crippen LogP contribution is 2.46. The Kier molecular flexibility index (Phi) is 3.90. The molecule has 0 atom stereocenters. The molecule has 1 heterocycles. The molecule has 2 saturated carbocycles. The van der Waals surface area contributed by atoms with Crippen LogP contribution in [0.5, 0.6) is 0 Å². The van der Waals surface area contributed by atoms with Crippen LogP contribution in [-0.2, 0) is 19.1 Å². The zero-order valence-corrected chi connectivity index (χ0v) is 13.3. The summed E-state index contributed by atoms with van der Waals surface area (Å²) in [6, 6.07) is 0.180. The van der Waals surface area contributed by atoms with E-state index in [1.54, 1.807) is 0 Å². The molecule has 0 spiro atoms. The Balaban J connectivity index is 1.91. The number of carbonyl (C=O) groups excluding carboxylic acids is 2. The molecule has 3 aliphatic rings. The molecule has 6 heteroatoms. The van der Waals surface area contributed by atoms with Gasteiger partial charge in [0.05, 0.1) is 13.7 Å². The van der Waals surface area contributed by atoms with E-state index in [-0.39, 0.29) is 17.9 Å². The zero-order valence-electron chi connectivity index (χ0n) is 12.5. The summed E-state index contributed by atoms with van der Waals surface area (Å²) in [4.78, 5) is 27.8. The van der Waals surface area contributed by atoms with E-state index in [0.29, 0.717) is 30.1 Å². The molecule has 2 fully saturated rings. The first-order valence-corrected chi connectivity index (χ1v) is 8.47. The van der Waals surface area contributed by atoms with E-state index >= 15 is 0 Å². The van der Waals surface area contributed by atoms with E-state index in [4.69, 9.17) is 9.47 Å². The zero-order chi connectivity index (χ0) is 15.0. The SMILES string of the molecule is COC(=O)C1(N(C(=O)C2=C(C)OCCS2)C2CC2)CCC1. The van der Waals surface area contributed by atoms with Crippen molar-refractivity contribution < 1.29 is 19.1 Å². The largest absolute Gasteiger partial charge is 0.496 e. The standard InChI is InChI=1S/C15H21NO4S/c1-10-12(21-9-8-20-10)13(17)16(11-4-5-11)15(6-3-7-15)14(18)19-2/h11H,3-9H2,1-2H3. The van der Waals surface area contributed by atoms with E-state index in [1.165, 1.54) is 18.9 Å². The average Bonchev–Trinajstić information content (AvgIpc) is 3.26. The van der Waals surface area contributed by atoms with Crippen LogP contribution in [0.2, 0.25) is 0 Å². The fourth-order valence-electron chi connectivity index (χ4n) is 3.11. The molecule has 0 saturated heterocycles. The summed E-state index contributed by atoms with van der Waals surface area (Å²) in [5, 5.41) is 0. The predicted molar refractivity (Wildman–Crippen MR) is 79.6 cm³/mol. The lowest BCUT2D eigenvalue weighted by molar-refractivity contribution is -0.168. The number of methoxy groups -OCH3 is 1. The van der Waals surface area contributed by atoms with Crippen molar-refractivity contribution in [3.05, 3.63) is 10.7 Å². The molecule has 5 nitrogen and oxygen atoms in total. The molecule has 0 bridgehead atoms. The first-order chi connectivity index (χ1) is 10.1. The second-order valence-corrected chi connectivity index (χ2v) is 6.97. The molecular weight excluding hydrogens is 290 g/mol. The lowest BCUT2D eigenvalue weighted by Gasteiger charge is -2.48. The number of allylic oxidation sites excluding steroid dienone is 1. The molecule has 3 rings (SSSR count). The van der Waals surface area contributed by atoms with Crippen molar-refractivity contribution in [2.45, 2.75) is 50.6 Å². The van der Waals surface area contributed by atoms with Crippen molar-refractivity contribution in [3.63, 3.8) is 0 Å². The molecule has 1 amide bonds. The van der Waals surface area contributed by atoms with Gasteiger partial charge in [0, 0.05) is 11.8 Å². The van der Waals surface area contributed by atoms with Gasteiger partial charge in [0.1, 0.15) is 16.2 Å². The van der Waals surface area contributed by atoms with Gasteiger partial charge in [-0.3, -0.25) is 4.79 Å². The molecule has 21 heavy (non-hydrogen) atoms. The Morgan fingerprint density at radius 1 is 1.38 bits per heavy atom. The van der Waals surface area contributed by atoms with Crippen molar-refractivity contribution in [1.29, 1.82) is 0 Å². The third kappa shape index (κ3) is 2.43. The Morgan fingerprint density at radius 2 is 2.10 bits per heavy atom.